The van der Waals surface area contributed by atoms with Crippen LogP contribution >= 0.6 is 0 Å². The van der Waals surface area contributed by atoms with Crippen LogP contribution < -0.4 is 4.74 Å². The number of nitrogens with zero attached hydrogens (tertiary/aromatic N) is 2. The number of ether oxygens (including phenoxy) is 1. The summed E-state index contributed by atoms with van der Waals surface area (Å²) >= 11 is 0. The van der Waals surface area contributed by atoms with E-state index in [9.17, 15) is 18.0 Å². The zero-order chi connectivity index (χ0) is 21.0. The van der Waals surface area contributed by atoms with Gasteiger partial charge in [-0.15, -0.1) is 0 Å². The summed E-state index contributed by atoms with van der Waals surface area (Å²) in [5.41, 5.74) is 0.701. The summed E-state index contributed by atoms with van der Waals surface area (Å²) in [6.45, 7) is 0.255. The number of rotatable bonds is 5. The van der Waals surface area contributed by atoms with Crippen LogP contribution in [0.2, 0.25) is 0 Å². The Morgan fingerprint density at radius 3 is 1.97 bits per heavy atom. The third-order valence-electron chi connectivity index (χ3n) is 4.06. The molecule has 1 aliphatic rings. The molecule has 8 nitrogen and oxygen atoms in total. The highest BCUT2D eigenvalue weighted by molar-refractivity contribution is 8.09. The first kappa shape index (κ1) is 19.7. The fourth-order valence-electron chi connectivity index (χ4n) is 2.71. The van der Waals surface area contributed by atoms with E-state index in [1.807, 2.05) is 0 Å². The lowest BCUT2D eigenvalue weighted by atomic mass is 10.1. The Balaban J connectivity index is 2.11. The molecule has 9 heteroatoms. The Kier molecular flexibility index (Phi) is 5.38. The fourth-order valence-corrected chi connectivity index (χ4v) is 4.40. The van der Waals surface area contributed by atoms with E-state index in [1.54, 1.807) is 6.19 Å². The van der Waals surface area contributed by atoms with E-state index in [2.05, 4.69) is 4.99 Å². The van der Waals surface area contributed by atoms with Crippen LogP contribution in [0.1, 0.15) is 21.5 Å². The highest BCUT2D eigenvalue weighted by Gasteiger charge is 2.30. The van der Waals surface area contributed by atoms with Crippen LogP contribution in [0.15, 0.2) is 65.7 Å². The van der Waals surface area contributed by atoms with Crippen molar-refractivity contribution in [2.24, 2.45) is 4.99 Å². The predicted octanol–water partition coefficient (Wildman–Crippen LogP) is 2.65. The fraction of sp³-hybridized carbons (Fsp3) is 0. The molecule has 0 atom stereocenters. The van der Waals surface area contributed by atoms with Gasteiger partial charge in [-0.2, -0.15) is 10.3 Å². The summed E-state index contributed by atoms with van der Waals surface area (Å²) in [5.74, 6) is -0.898. The van der Waals surface area contributed by atoms with Crippen LogP contribution in [0.3, 0.4) is 0 Å². The van der Waals surface area contributed by atoms with Gasteiger partial charge in [0.25, 0.3) is 6.47 Å². The van der Waals surface area contributed by atoms with Crippen molar-refractivity contribution in [2.75, 3.05) is 0 Å². The number of benzene rings is 2. The second-order valence-electron chi connectivity index (χ2n) is 5.78. The maximum Gasteiger partial charge on any atom is 0.335 e. The zero-order valence-electron chi connectivity index (χ0n) is 14.6. The van der Waals surface area contributed by atoms with Crippen molar-refractivity contribution in [3.05, 3.63) is 77.4 Å². The van der Waals surface area contributed by atoms with Gasteiger partial charge in [-0.05, 0) is 59.7 Å². The van der Waals surface area contributed by atoms with Gasteiger partial charge in [0.05, 0.1) is 21.1 Å². The number of sulfone groups is 1. The smallest absolute Gasteiger partial charge is 0.335 e. The number of carbonyl (C=O) groups is 2. The minimum absolute atomic E-state index is 0.00926. The Labute approximate surface area is 165 Å². The number of nitriles is 1. The average Bonchev–Trinajstić information content (AvgIpc) is 2.70. The van der Waals surface area contributed by atoms with Crippen LogP contribution in [0, 0.1) is 11.5 Å². The first-order valence-corrected chi connectivity index (χ1v) is 9.55. The molecule has 29 heavy (non-hydrogen) atoms. The number of carbonyl (C=O) groups excluding carboxylic acids is 1. The molecule has 0 saturated carbocycles. The van der Waals surface area contributed by atoms with Gasteiger partial charge in [-0.3, -0.25) is 4.79 Å². The number of carboxylic acids is 1. The molecule has 0 aromatic heterocycles. The maximum atomic E-state index is 13.2. The van der Waals surface area contributed by atoms with E-state index in [0.717, 1.165) is 0 Å². The molecule has 0 fully saturated rings. The van der Waals surface area contributed by atoms with Crippen molar-refractivity contribution in [3.8, 4) is 11.9 Å². The quantitative estimate of drug-likeness (QED) is 0.594. The van der Waals surface area contributed by atoms with Crippen LogP contribution in [-0.4, -0.2) is 31.7 Å². The third kappa shape index (κ3) is 3.97. The lowest BCUT2D eigenvalue weighted by Gasteiger charge is -2.17. The molecule has 0 unspecified atom stereocenters. The SMILES string of the molecule is N#CN=C1C=C(c2ccc(OC=O)cc2)S(=O)(=O)C(c2ccc(C(=O)O)cc2)=C1. The molecule has 3 rings (SSSR count). The molecule has 0 spiro atoms. The molecule has 144 valence electrons. The largest absolute Gasteiger partial charge is 0.478 e. The monoisotopic (exact) mass is 408 g/mol. The lowest BCUT2D eigenvalue weighted by molar-refractivity contribution is -0.120. The summed E-state index contributed by atoms with van der Waals surface area (Å²) in [4.78, 5) is 24.9. The summed E-state index contributed by atoms with van der Waals surface area (Å²) in [7, 11) is -4.01. The zero-order valence-corrected chi connectivity index (χ0v) is 15.5. The summed E-state index contributed by atoms with van der Waals surface area (Å²) in [5, 5.41) is 17.9. The van der Waals surface area contributed by atoms with Gasteiger partial charge in [-0.1, -0.05) is 12.1 Å². The number of hydrogen-bond acceptors (Lipinski definition) is 7. The minimum Gasteiger partial charge on any atom is -0.478 e. The highest BCUT2D eigenvalue weighted by atomic mass is 32.2. The maximum absolute atomic E-state index is 13.2. The van der Waals surface area contributed by atoms with E-state index in [4.69, 9.17) is 15.1 Å². The Bertz CT molecular complexity index is 1220. The number of aromatic carboxylic acids is 1. The second kappa shape index (κ2) is 7.92. The summed E-state index contributed by atoms with van der Waals surface area (Å²) in [6.07, 6.45) is 4.14. The Morgan fingerprint density at radius 2 is 1.52 bits per heavy atom. The van der Waals surface area contributed by atoms with Crippen molar-refractivity contribution in [1.82, 2.24) is 0 Å². The van der Waals surface area contributed by atoms with E-state index in [-0.39, 0.29) is 38.9 Å². The van der Waals surface area contributed by atoms with Gasteiger partial charge < -0.3 is 9.84 Å². The van der Waals surface area contributed by atoms with Gasteiger partial charge in [0.1, 0.15) is 5.75 Å². The predicted molar refractivity (Wildman–Crippen MR) is 104 cm³/mol. The molecule has 0 aliphatic carbocycles. The molecular formula is C20H12N2O6S. The highest BCUT2D eigenvalue weighted by Crippen LogP contribution is 2.36. The third-order valence-corrected chi connectivity index (χ3v) is 5.92. The van der Waals surface area contributed by atoms with Gasteiger partial charge in [0.15, 0.2) is 0 Å². The molecule has 2 aromatic carbocycles. The van der Waals surface area contributed by atoms with Gasteiger partial charge in [-0.25, -0.2) is 13.2 Å². The van der Waals surface area contributed by atoms with Crippen LogP contribution in [-0.2, 0) is 14.6 Å². The number of hydrogen-bond donors (Lipinski definition) is 1. The van der Waals surface area contributed by atoms with Gasteiger partial charge >= 0.3 is 5.97 Å². The van der Waals surface area contributed by atoms with Crippen molar-refractivity contribution in [1.29, 1.82) is 5.26 Å². The van der Waals surface area contributed by atoms with Crippen molar-refractivity contribution < 1.29 is 27.9 Å². The molecule has 0 bridgehead atoms. The van der Waals surface area contributed by atoms with E-state index in [0.29, 0.717) is 5.56 Å². The molecule has 0 saturated heterocycles. The van der Waals surface area contributed by atoms with Gasteiger partial charge in [0, 0.05) is 0 Å². The molecule has 1 heterocycles. The van der Waals surface area contributed by atoms with E-state index in [1.165, 1.54) is 60.7 Å². The van der Waals surface area contributed by atoms with Crippen molar-refractivity contribution in [3.63, 3.8) is 0 Å². The Hall–Kier alpha value is -4.03. The normalized spacial score (nSPS) is 16.3. The standard InChI is InChI=1S/C20H12N2O6S/c21-11-22-16-9-18(13-1-3-15(4-2-13)20(24)25)29(26,27)19(10-16)14-5-7-17(8-6-14)28-12-23/h1-10,12H,(H,24,25). The van der Waals surface area contributed by atoms with Crippen LogP contribution in [0.25, 0.3) is 9.81 Å². The Morgan fingerprint density at radius 1 is 1.00 bits per heavy atom. The number of carboxylic acid groups (broad SMARTS) is 1. The second-order valence-corrected chi connectivity index (χ2v) is 7.66. The molecule has 0 amide bonds. The van der Waals surface area contributed by atoms with Gasteiger partial charge in [0.2, 0.25) is 16.0 Å². The molecule has 1 aliphatic heterocycles. The van der Waals surface area contributed by atoms with E-state index < -0.39 is 15.8 Å². The lowest BCUT2D eigenvalue weighted by Crippen LogP contribution is -2.14. The summed E-state index contributed by atoms with van der Waals surface area (Å²) < 4.78 is 31.1. The minimum atomic E-state index is -4.01. The molecular weight excluding hydrogens is 396 g/mol. The molecule has 2 aromatic rings. The average molecular weight is 408 g/mol. The number of aliphatic imine (C=N–C) groups is 1. The van der Waals surface area contributed by atoms with Crippen molar-refractivity contribution >= 4 is 37.8 Å². The number of allylic oxidation sites excluding steroid dienone is 2. The first-order chi connectivity index (χ1) is 13.9. The topological polar surface area (TPSA) is 134 Å². The molecule has 1 N–H and O–H groups in total. The first-order valence-electron chi connectivity index (χ1n) is 8.06. The van der Waals surface area contributed by atoms with Crippen molar-refractivity contribution in [2.45, 2.75) is 0 Å². The summed E-state index contributed by atoms with van der Waals surface area (Å²) in [6, 6.07) is 11.1. The van der Waals surface area contributed by atoms with Crippen LogP contribution in [0.5, 0.6) is 5.75 Å². The molecule has 0 radical (unpaired) electrons. The van der Waals surface area contributed by atoms with Crippen LogP contribution in [0.4, 0.5) is 0 Å². The van der Waals surface area contributed by atoms with E-state index >= 15 is 0 Å².